The molecule has 0 aliphatic rings. The molecule has 0 amide bonds. The van der Waals surface area contributed by atoms with Crippen LogP contribution < -0.4 is 18.9 Å². The molecule has 5 aromatic rings. The van der Waals surface area contributed by atoms with Crippen LogP contribution in [0, 0.1) is 20.2 Å². The van der Waals surface area contributed by atoms with Crippen LogP contribution in [0.1, 0.15) is 20.7 Å². The second-order valence-electron chi connectivity index (χ2n) is 9.01. The molecule has 0 aliphatic carbocycles. The van der Waals surface area contributed by atoms with E-state index >= 15 is 0 Å². The molecule has 0 heterocycles. The van der Waals surface area contributed by atoms with Gasteiger partial charge in [-0.1, -0.05) is 6.07 Å². The van der Waals surface area contributed by atoms with Gasteiger partial charge in [-0.25, -0.2) is 9.59 Å². The van der Waals surface area contributed by atoms with Gasteiger partial charge in [-0.05, 0) is 91.0 Å². The minimum Gasteiger partial charge on any atom is -0.457 e. The van der Waals surface area contributed by atoms with Gasteiger partial charge in [0.15, 0.2) is 0 Å². The van der Waals surface area contributed by atoms with Gasteiger partial charge >= 0.3 is 11.9 Å². The van der Waals surface area contributed by atoms with Crippen molar-refractivity contribution in [2.24, 2.45) is 0 Å². The fourth-order valence-corrected chi connectivity index (χ4v) is 3.80. The average molecular weight is 593 g/mol. The van der Waals surface area contributed by atoms with Gasteiger partial charge in [0.05, 0.1) is 21.0 Å². The van der Waals surface area contributed by atoms with E-state index in [1.165, 1.54) is 97.1 Å². The molecule has 0 aliphatic heterocycles. The molecule has 0 aromatic heterocycles. The number of nitrogens with zero attached hydrogens (tertiary/aromatic N) is 2. The van der Waals surface area contributed by atoms with Crippen LogP contribution in [0.5, 0.6) is 34.5 Å². The lowest BCUT2D eigenvalue weighted by atomic mass is 10.1. The van der Waals surface area contributed by atoms with E-state index in [9.17, 15) is 29.8 Å². The number of hydrogen-bond donors (Lipinski definition) is 0. The number of nitro benzene ring substituents is 2. The Kier molecular flexibility index (Phi) is 8.52. The number of non-ortho nitro benzene ring substituents is 2. The molecule has 0 N–H and O–H groups in total. The predicted molar refractivity (Wildman–Crippen MR) is 156 cm³/mol. The van der Waals surface area contributed by atoms with E-state index in [4.69, 9.17) is 18.9 Å². The summed E-state index contributed by atoms with van der Waals surface area (Å²) < 4.78 is 22.1. The van der Waals surface area contributed by atoms with Crippen molar-refractivity contribution in [3.63, 3.8) is 0 Å². The predicted octanol–water partition coefficient (Wildman–Crippen LogP) is 7.53. The summed E-state index contributed by atoms with van der Waals surface area (Å²) in [6, 6.07) is 29.4. The Morgan fingerprint density at radius 1 is 0.455 bits per heavy atom. The van der Waals surface area contributed by atoms with Gasteiger partial charge in [0.2, 0.25) is 0 Å². The maximum Gasteiger partial charge on any atom is 0.343 e. The van der Waals surface area contributed by atoms with Crippen LogP contribution in [0.15, 0.2) is 121 Å². The lowest BCUT2D eigenvalue weighted by Gasteiger charge is -2.09. The lowest BCUT2D eigenvalue weighted by molar-refractivity contribution is -0.385. The van der Waals surface area contributed by atoms with E-state index in [-0.39, 0.29) is 34.0 Å². The molecular weight excluding hydrogens is 572 g/mol. The summed E-state index contributed by atoms with van der Waals surface area (Å²) in [7, 11) is 0. The van der Waals surface area contributed by atoms with Crippen molar-refractivity contribution in [3.8, 4) is 34.5 Å². The molecule has 0 unspecified atom stereocenters. The zero-order chi connectivity index (χ0) is 31.1. The third-order valence-corrected chi connectivity index (χ3v) is 5.97. The lowest BCUT2D eigenvalue weighted by Crippen LogP contribution is -2.12. The Bertz CT molecular complexity index is 1690. The first-order valence-electron chi connectivity index (χ1n) is 12.8. The number of nitro groups is 2. The highest BCUT2D eigenvalue weighted by atomic mass is 16.6. The van der Waals surface area contributed by atoms with E-state index in [1.807, 2.05) is 0 Å². The zero-order valence-electron chi connectivity index (χ0n) is 22.5. The Morgan fingerprint density at radius 3 is 1.07 bits per heavy atom. The van der Waals surface area contributed by atoms with E-state index < -0.39 is 21.8 Å². The van der Waals surface area contributed by atoms with Crippen LogP contribution in [0.2, 0.25) is 0 Å². The quantitative estimate of drug-likeness (QED) is 0.0687. The fraction of sp³-hybridized carbons (Fsp3) is 0. The van der Waals surface area contributed by atoms with Crippen LogP contribution in [-0.4, -0.2) is 21.8 Å². The monoisotopic (exact) mass is 592 g/mol. The Morgan fingerprint density at radius 2 is 0.750 bits per heavy atom. The first-order chi connectivity index (χ1) is 21.2. The summed E-state index contributed by atoms with van der Waals surface area (Å²) >= 11 is 0. The molecule has 0 saturated heterocycles. The van der Waals surface area contributed by atoms with Crippen molar-refractivity contribution in [1.29, 1.82) is 0 Å². The molecule has 0 saturated carbocycles. The maximum absolute atomic E-state index is 12.7. The summed E-state index contributed by atoms with van der Waals surface area (Å²) in [6.07, 6.45) is 0. The number of benzene rings is 5. The smallest absolute Gasteiger partial charge is 0.343 e. The van der Waals surface area contributed by atoms with Crippen LogP contribution in [0.3, 0.4) is 0 Å². The number of rotatable bonds is 10. The van der Waals surface area contributed by atoms with Crippen LogP contribution in [-0.2, 0) is 0 Å². The van der Waals surface area contributed by atoms with Crippen LogP contribution in [0.25, 0.3) is 0 Å². The number of esters is 2. The van der Waals surface area contributed by atoms with Gasteiger partial charge in [-0.2, -0.15) is 0 Å². The molecular formula is C32H20N2O10. The Hall–Kier alpha value is -6.56. The summed E-state index contributed by atoms with van der Waals surface area (Å²) in [6.45, 7) is 0. The van der Waals surface area contributed by atoms with E-state index in [1.54, 1.807) is 24.3 Å². The van der Waals surface area contributed by atoms with Crippen molar-refractivity contribution < 1.29 is 38.4 Å². The van der Waals surface area contributed by atoms with Crippen molar-refractivity contribution in [2.45, 2.75) is 0 Å². The molecule has 12 heteroatoms. The molecule has 0 bridgehead atoms. The second kappa shape index (κ2) is 13.0. The minimum atomic E-state index is -0.698. The van der Waals surface area contributed by atoms with E-state index in [0.717, 1.165) is 0 Å². The van der Waals surface area contributed by atoms with Crippen molar-refractivity contribution >= 4 is 23.3 Å². The van der Waals surface area contributed by atoms with Crippen molar-refractivity contribution in [3.05, 3.63) is 153 Å². The van der Waals surface area contributed by atoms with E-state index in [2.05, 4.69) is 0 Å². The van der Waals surface area contributed by atoms with Crippen molar-refractivity contribution in [1.82, 2.24) is 0 Å². The number of hydrogen-bond acceptors (Lipinski definition) is 10. The van der Waals surface area contributed by atoms with Gasteiger partial charge in [-0.15, -0.1) is 0 Å². The summed E-state index contributed by atoms with van der Waals surface area (Å²) in [5.41, 5.74) is 0.133. The van der Waals surface area contributed by atoms with Gasteiger partial charge in [-0.3, -0.25) is 20.2 Å². The van der Waals surface area contributed by atoms with Gasteiger partial charge in [0.25, 0.3) is 11.4 Å². The highest BCUT2D eigenvalue weighted by Gasteiger charge is 2.15. The molecule has 12 nitrogen and oxygen atoms in total. The topological polar surface area (TPSA) is 157 Å². The SMILES string of the molecule is O=C(Oc1ccc(Oc2ccc([N+](=O)[O-])cc2)cc1)c1cccc(C(=O)Oc2ccc(Oc3ccc([N+](=O)[O-])cc3)cc2)c1. The minimum absolute atomic E-state index is 0.0560. The molecule has 0 spiro atoms. The average Bonchev–Trinajstić information content (AvgIpc) is 3.03. The second-order valence-corrected chi connectivity index (χ2v) is 9.01. The fourth-order valence-electron chi connectivity index (χ4n) is 3.80. The number of carbonyl (C=O) groups is 2. The molecule has 5 aromatic carbocycles. The van der Waals surface area contributed by atoms with E-state index in [0.29, 0.717) is 23.0 Å². The summed E-state index contributed by atoms with van der Waals surface area (Å²) in [5.74, 6) is 0.716. The summed E-state index contributed by atoms with van der Waals surface area (Å²) in [4.78, 5) is 46.0. The standard InChI is InChI=1S/C32H20N2O10/c35-31(43-29-16-12-27(13-17-29)41-25-8-4-23(5-9-25)33(37)38)21-2-1-3-22(20-21)32(36)44-30-18-14-28(15-19-30)42-26-10-6-24(7-11-26)34(39)40/h1-20H. The number of carbonyl (C=O) groups excluding carboxylic acids is 2. The highest BCUT2D eigenvalue weighted by molar-refractivity contribution is 5.96. The number of ether oxygens (including phenoxy) is 4. The normalized spacial score (nSPS) is 10.4. The van der Waals surface area contributed by atoms with Gasteiger partial charge in [0, 0.05) is 24.3 Å². The molecule has 0 fully saturated rings. The molecule has 44 heavy (non-hydrogen) atoms. The molecule has 0 atom stereocenters. The molecule has 5 rings (SSSR count). The van der Waals surface area contributed by atoms with Gasteiger partial charge in [0.1, 0.15) is 34.5 Å². The first-order valence-corrected chi connectivity index (χ1v) is 12.8. The maximum atomic E-state index is 12.7. The third kappa shape index (κ3) is 7.39. The molecule has 218 valence electrons. The molecule has 0 radical (unpaired) electrons. The third-order valence-electron chi connectivity index (χ3n) is 5.97. The Balaban J connectivity index is 1.16. The summed E-state index contributed by atoms with van der Waals surface area (Å²) in [5, 5.41) is 21.6. The van der Waals surface area contributed by atoms with Gasteiger partial charge < -0.3 is 18.9 Å². The first kappa shape index (κ1) is 29.0. The van der Waals surface area contributed by atoms with Crippen LogP contribution >= 0.6 is 0 Å². The van der Waals surface area contributed by atoms with Crippen molar-refractivity contribution in [2.75, 3.05) is 0 Å². The zero-order valence-corrected chi connectivity index (χ0v) is 22.5. The highest BCUT2D eigenvalue weighted by Crippen LogP contribution is 2.27. The largest absolute Gasteiger partial charge is 0.457 e. The van der Waals surface area contributed by atoms with Crippen LogP contribution in [0.4, 0.5) is 11.4 Å². The Labute approximate surface area is 248 Å².